The number of aliphatic hydroxyl groups is 1. The summed E-state index contributed by atoms with van der Waals surface area (Å²) in [6.07, 6.45) is 1.64. The normalized spacial score (nSPS) is 13.4. The van der Waals surface area contributed by atoms with Crippen molar-refractivity contribution in [3.8, 4) is 6.07 Å². The number of rotatable bonds is 5. The molecule has 96 valence electrons. The Kier molecular flexibility index (Phi) is 5.28. The van der Waals surface area contributed by atoms with E-state index < -0.39 is 6.10 Å². The molecule has 1 aromatic heterocycles. The average molecular weight is 247 g/mol. The van der Waals surface area contributed by atoms with E-state index in [9.17, 15) is 9.90 Å². The van der Waals surface area contributed by atoms with Crippen LogP contribution >= 0.6 is 0 Å². The lowest BCUT2D eigenvalue weighted by Gasteiger charge is -2.17. The molecule has 0 saturated carbocycles. The van der Waals surface area contributed by atoms with Crippen LogP contribution in [0.5, 0.6) is 0 Å². The van der Waals surface area contributed by atoms with Crippen molar-refractivity contribution in [2.24, 2.45) is 5.92 Å². The third-order valence-electron chi connectivity index (χ3n) is 2.90. The smallest absolute Gasteiger partial charge is 0.269 e. The fourth-order valence-corrected chi connectivity index (χ4v) is 1.36. The molecule has 0 radical (unpaired) electrons. The van der Waals surface area contributed by atoms with Gasteiger partial charge in [0.2, 0.25) is 0 Å². The van der Waals surface area contributed by atoms with Gasteiger partial charge in [-0.2, -0.15) is 5.26 Å². The summed E-state index contributed by atoms with van der Waals surface area (Å²) in [6.45, 7) is 4.12. The van der Waals surface area contributed by atoms with Crippen LogP contribution in [0.2, 0.25) is 0 Å². The van der Waals surface area contributed by atoms with Gasteiger partial charge in [-0.1, -0.05) is 20.3 Å². The number of aromatic nitrogens is 1. The Morgan fingerprint density at radius 1 is 1.61 bits per heavy atom. The number of hydrogen-bond acceptors (Lipinski definition) is 4. The van der Waals surface area contributed by atoms with E-state index in [0.717, 1.165) is 6.42 Å². The van der Waals surface area contributed by atoms with Crippen molar-refractivity contribution in [1.82, 2.24) is 10.3 Å². The van der Waals surface area contributed by atoms with Crippen molar-refractivity contribution in [3.63, 3.8) is 0 Å². The summed E-state index contributed by atoms with van der Waals surface area (Å²) < 4.78 is 0. The summed E-state index contributed by atoms with van der Waals surface area (Å²) in [6, 6.07) is 4.96. The van der Waals surface area contributed by atoms with Crippen LogP contribution in [-0.2, 0) is 0 Å². The van der Waals surface area contributed by atoms with Crippen LogP contribution in [0.15, 0.2) is 18.3 Å². The molecule has 2 atom stereocenters. The maximum absolute atomic E-state index is 11.7. The van der Waals surface area contributed by atoms with Gasteiger partial charge in [0, 0.05) is 12.7 Å². The molecule has 0 spiro atoms. The van der Waals surface area contributed by atoms with Crippen LogP contribution in [0.1, 0.15) is 36.3 Å². The maximum atomic E-state index is 11.7. The van der Waals surface area contributed by atoms with E-state index in [1.165, 1.54) is 18.3 Å². The Morgan fingerprint density at radius 2 is 2.33 bits per heavy atom. The van der Waals surface area contributed by atoms with E-state index in [0.29, 0.717) is 5.56 Å². The van der Waals surface area contributed by atoms with Crippen molar-refractivity contribution < 1.29 is 9.90 Å². The number of carbonyl (C=O) groups is 1. The van der Waals surface area contributed by atoms with Crippen LogP contribution in [0.25, 0.3) is 0 Å². The van der Waals surface area contributed by atoms with Crippen LogP contribution in [0, 0.1) is 17.2 Å². The standard InChI is InChI=1S/C13H17N3O2/c1-3-9(2)12(17)8-16-13(18)11-5-4-10(6-14)7-15-11/h4-5,7,9,12,17H,3,8H2,1-2H3,(H,16,18)/t9-,12+/m1/s1. The SMILES string of the molecule is CC[C@@H](C)[C@@H](O)CNC(=O)c1ccc(C#N)cn1. The lowest BCUT2D eigenvalue weighted by atomic mass is 10.0. The van der Waals surface area contributed by atoms with Crippen molar-refractivity contribution in [1.29, 1.82) is 5.26 Å². The molecule has 0 aliphatic rings. The van der Waals surface area contributed by atoms with Gasteiger partial charge >= 0.3 is 0 Å². The molecule has 0 aliphatic carbocycles. The zero-order valence-corrected chi connectivity index (χ0v) is 10.6. The van der Waals surface area contributed by atoms with E-state index in [4.69, 9.17) is 5.26 Å². The van der Waals surface area contributed by atoms with Crippen molar-refractivity contribution >= 4 is 5.91 Å². The summed E-state index contributed by atoms with van der Waals surface area (Å²) in [4.78, 5) is 15.6. The number of aliphatic hydroxyl groups excluding tert-OH is 1. The van der Waals surface area contributed by atoms with Crippen LogP contribution in [0.4, 0.5) is 0 Å². The number of hydrogen-bond donors (Lipinski definition) is 2. The second-order valence-electron chi connectivity index (χ2n) is 4.21. The van der Waals surface area contributed by atoms with Gasteiger partial charge in [-0.25, -0.2) is 4.98 Å². The number of carbonyl (C=O) groups excluding carboxylic acids is 1. The Labute approximate surface area is 106 Å². The first-order valence-corrected chi connectivity index (χ1v) is 5.90. The van der Waals surface area contributed by atoms with Gasteiger partial charge in [-0.05, 0) is 18.1 Å². The maximum Gasteiger partial charge on any atom is 0.269 e. The molecule has 0 unspecified atom stereocenters. The minimum atomic E-state index is -0.558. The molecule has 0 aromatic carbocycles. The number of nitrogens with one attached hydrogen (secondary N) is 1. The van der Waals surface area contributed by atoms with Gasteiger partial charge in [-0.3, -0.25) is 4.79 Å². The van der Waals surface area contributed by atoms with E-state index >= 15 is 0 Å². The molecule has 1 heterocycles. The highest BCUT2D eigenvalue weighted by molar-refractivity contribution is 5.92. The third kappa shape index (κ3) is 3.82. The second-order valence-corrected chi connectivity index (χ2v) is 4.21. The zero-order valence-electron chi connectivity index (χ0n) is 10.6. The van der Waals surface area contributed by atoms with Crippen molar-refractivity contribution in [2.45, 2.75) is 26.4 Å². The van der Waals surface area contributed by atoms with Gasteiger partial charge in [0.25, 0.3) is 5.91 Å². The number of nitrogens with zero attached hydrogens (tertiary/aromatic N) is 2. The Hall–Kier alpha value is -1.93. The Morgan fingerprint density at radius 3 is 2.83 bits per heavy atom. The highest BCUT2D eigenvalue weighted by Gasteiger charge is 2.14. The molecule has 18 heavy (non-hydrogen) atoms. The number of pyridine rings is 1. The second kappa shape index (κ2) is 6.72. The van der Waals surface area contributed by atoms with Gasteiger partial charge < -0.3 is 10.4 Å². The van der Waals surface area contributed by atoms with Gasteiger partial charge in [0.05, 0.1) is 11.7 Å². The van der Waals surface area contributed by atoms with E-state index in [2.05, 4.69) is 10.3 Å². The van der Waals surface area contributed by atoms with Gasteiger partial charge in [-0.15, -0.1) is 0 Å². The lowest BCUT2D eigenvalue weighted by Crippen LogP contribution is -2.35. The molecule has 0 bridgehead atoms. The largest absolute Gasteiger partial charge is 0.391 e. The number of nitriles is 1. The zero-order chi connectivity index (χ0) is 13.5. The topological polar surface area (TPSA) is 86.0 Å². The molecule has 2 N–H and O–H groups in total. The summed E-state index contributed by atoms with van der Waals surface area (Å²) in [5.74, 6) is -0.207. The quantitative estimate of drug-likeness (QED) is 0.815. The molecule has 0 saturated heterocycles. The van der Waals surface area contributed by atoms with Gasteiger partial charge in [0.1, 0.15) is 11.8 Å². The number of amides is 1. The monoisotopic (exact) mass is 247 g/mol. The van der Waals surface area contributed by atoms with Gasteiger partial charge in [0.15, 0.2) is 0 Å². The fourth-order valence-electron chi connectivity index (χ4n) is 1.36. The van der Waals surface area contributed by atoms with E-state index in [1.54, 1.807) is 0 Å². The lowest BCUT2D eigenvalue weighted by molar-refractivity contribution is 0.0846. The van der Waals surface area contributed by atoms with Crippen molar-refractivity contribution in [2.75, 3.05) is 6.54 Å². The summed E-state index contributed by atoms with van der Waals surface area (Å²) in [7, 11) is 0. The average Bonchev–Trinajstić information content (AvgIpc) is 2.43. The predicted octanol–water partition coefficient (Wildman–Crippen LogP) is 1.09. The molecule has 1 amide bonds. The highest BCUT2D eigenvalue weighted by atomic mass is 16.3. The molecule has 5 heteroatoms. The molecule has 5 nitrogen and oxygen atoms in total. The minimum Gasteiger partial charge on any atom is -0.391 e. The molecule has 1 rings (SSSR count). The van der Waals surface area contributed by atoms with Crippen molar-refractivity contribution in [3.05, 3.63) is 29.6 Å². The highest BCUT2D eigenvalue weighted by Crippen LogP contribution is 2.06. The first-order valence-electron chi connectivity index (χ1n) is 5.90. The van der Waals surface area contributed by atoms with E-state index in [-0.39, 0.29) is 24.1 Å². The minimum absolute atomic E-state index is 0.138. The third-order valence-corrected chi connectivity index (χ3v) is 2.90. The fraction of sp³-hybridized carbons (Fsp3) is 0.462. The van der Waals surface area contributed by atoms with Crippen LogP contribution in [-0.4, -0.2) is 28.6 Å². The first kappa shape index (κ1) is 14.1. The predicted molar refractivity (Wildman–Crippen MR) is 66.7 cm³/mol. The van der Waals surface area contributed by atoms with E-state index in [1.807, 2.05) is 19.9 Å². The summed E-state index contributed by atoms with van der Waals surface area (Å²) >= 11 is 0. The molecule has 0 aliphatic heterocycles. The Balaban J connectivity index is 2.53. The van der Waals surface area contributed by atoms with Crippen LogP contribution < -0.4 is 5.32 Å². The molecular weight excluding hydrogens is 230 g/mol. The molecule has 1 aromatic rings. The summed E-state index contributed by atoms with van der Waals surface area (Å²) in [5, 5.41) is 20.9. The Bertz CT molecular complexity index is 437. The summed E-state index contributed by atoms with van der Waals surface area (Å²) in [5.41, 5.74) is 0.650. The van der Waals surface area contributed by atoms with Crippen LogP contribution in [0.3, 0.4) is 0 Å². The molecule has 0 fully saturated rings. The molecular formula is C13H17N3O2. The first-order chi connectivity index (χ1) is 8.58.